The average Bonchev–Trinajstić information content (AvgIpc) is 3.07. The largest absolute Gasteiger partial charge is 0.347 e. The first-order chi connectivity index (χ1) is 9.16. The third-order valence-electron chi connectivity index (χ3n) is 3.71. The van der Waals surface area contributed by atoms with Crippen molar-refractivity contribution in [2.75, 3.05) is 6.54 Å². The number of nitrogens with one attached hydrogen (secondary N) is 1. The molecule has 1 N–H and O–H groups in total. The molecule has 0 unspecified atom stereocenters. The van der Waals surface area contributed by atoms with Crippen molar-refractivity contribution >= 4 is 5.91 Å². The second-order valence-electron chi connectivity index (χ2n) is 5.11. The van der Waals surface area contributed by atoms with Crippen molar-refractivity contribution in [3.63, 3.8) is 0 Å². The molecule has 19 heavy (non-hydrogen) atoms. The van der Waals surface area contributed by atoms with E-state index < -0.39 is 0 Å². The van der Waals surface area contributed by atoms with Gasteiger partial charge in [-0.3, -0.25) is 4.79 Å². The van der Waals surface area contributed by atoms with Gasteiger partial charge in [0, 0.05) is 31.7 Å². The van der Waals surface area contributed by atoms with Crippen LogP contribution in [0, 0.1) is 6.92 Å². The molecule has 1 fully saturated rings. The van der Waals surface area contributed by atoms with E-state index in [9.17, 15) is 4.79 Å². The van der Waals surface area contributed by atoms with Crippen LogP contribution in [0.3, 0.4) is 0 Å². The van der Waals surface area contributed by atoms with Crippen LogP contribution in [0.15, 0.2) is 24.5 Å². The van der Waals surface area contributed by atoms with Gasteiger partial charge in [-0.25, -0.2) is 4.98 Å². The lowest BCUT2D eigenvalue weighted by Crippen LogP contribution is -2.32. The maximum Gasteiger partial charge on any atom is 0.271 e. The van der Waals surface area contributed by atoms with Crippen LogP contribution in [-0.4, -0.2) is 31.9 Å². The number of amides is 1. The van der Waals surface area contributed by atoms with Crippen molar-refractivity contribution in [1.29, 1.82) is 0 Å². The summed E-state index contributed by atoms with van der Waals surface area (Å²) in [6, 6.07) is 3.84. The number of aromatic nitrogens is 3. The zero-order valence-electron chi connectivity index (χ0n) is 11.3. The van der Waals surface area contributed by atoms with E-state index in [0.29, 0.717) is 0 Å². The Bertz CT molecular complexity index is 598. The zero-order valence-corrected chi connectivity index (χ0v) is 11.3. The fraction of sp³-hybridized carbons (Fsp3) is 0.429. The van der Waals surface area contributed by atoms with Crippen LogP contribution in [0.1, 0.15) is 40.9 Å². The highest BCUT2D eigenvalue weighted by atomic mass is 16.2. The maximum atomic E-state index is 12.6. The Morgan fingerprint density at radius 1 is 1.53 bits per heavy atom. The molecular formula is C14H18N4O. The number of hydrogen-bond acceptors (Lipinski definition) is 2. The molecule has 0 bridgehead atoms. The summed E-state index contributed by atoms with van der Waals surface area (Å²) >= 11 is 0. The van der Waals surface area contributed by atoms with E-state index in [2.05, 4.69) is 9.97 Å². The molecule has 5 heteroatoms. The third kappa shape index (κ3) is 2.05. The average molecular weight is 258 g/mol. The van der Waals surface area contributed by atoms with E-state index in [1.54, 1.807) is 0 Å². The Balaban J connectivity index is 1.88. The second kappa shape index (κ2) is 4.57. The number of nitrogens with zero attached hydrogens (tertiary/aromatic N) is 3. The van der Waals surface area contributed by atoms with E-state index >= 15 is 0 Å². The van der Waals surface area contributed by atoms with Crippen molar-refractivity contribution in [1.82, 2.24) is 19.4 Å². The Kier molecular flexibility index (Phi) is 2.89. The SMILES string of the molecule is Cc1cnc([C@H]2CCCN2C(=O)c2cccn2C)[nH]1. The number of rotatable bonds is 2. The smallest absolute Gasteiger partial charge is 0.271 e. The molecule has 0 aromatic carbocycles. The number of H-pyrrole nitrogens is 1. The molecule has 0 saturated carbocycles. The number of aromatic amines is 1. The molecule has 2 aromatic rings. The fourth-order valence-corrected chi connectivity index (χ4v) is 2.73. The van der Waals surface area contributed by atoms with E-state index in [1.807, 2.05) is 48.0 Å². The second-order valence-corrected chi connectivity index (χ2v) is 5.11. The molecule has 100 valence electrons. The number of carbonyl (C=O) groups is 1. The Labute approximate surface area is 112 Å². The molecule has 2 aromatic heterocycles. The summed E-state index contributed by atoms with van der Waals surface area (Å²) < 4.78 is 1.87. The van der Waals surface area contributed by atoms with Crippen LogP contribution in [0.2, 0.25) is 0 Å². The molecule has 1 aliphatic rings. The molecule has 0 spiro atoms. The molecule has 3 rings (SSSR count). The topological polar surface area (TPSA) is 53.9 Å². The number of likely N-dealkylation sites (tertiary alicyclic amines) is 1. The van der Waals surface area contributed by atoms with Gasteiger partial charge in [-0.2, -0.15) is 0 Å². The predicted octanol–water partition coefficient (Wildman–Crippen LogP) is 2.03. The lowest BCUT2D eigenvalue weighted by atomic mass is 10.2. The summed E-state index contributed by atoms with van der Waals surface area (Å²) in [5.74, 6) is 0.988. The maximum absolute atomic E-state index is 12.6. The summed E-state index contributed by atoms with van der Waals surface area (Å²) in [4.78, 5) is 22.1. The van der Waals surface area contributed by atoms with Crippen LogP contribution in [-0.2, 0) is 7.05 Å². The van der Waals surface area contributed by atoms with Gasteiger partial charge < -0.3 is 14.5 Å². The molecule has 3 heterocycles. The van der Waals surface area contributed by atoms with Crippen LogP contribution >= 0.6 is 0 Å². The Hall–Kier alpha value is -2.04. The van der Waals surface area contributed by atoms with Crippen molar-refractivity contribution in [2.24, 2.45) is 7.05 Å². The predicted molar refractivity (Wildman–Crippen MR) is 71.7 cm³/mol. The van der Waals surface area contributed by atoms with Gasteiger partial charge in [0.1, 0.15) is 11.5 Å². The molecule has 1 atom stereocenters. The van der Waals surface area contributed by atoms with E-state index in [1.165, 1.54) is 0 Å². The monoisotopic (exact) mass is 258 g/mol. The van der Waals surface area contributed by atoms with Crippen LogP contribution in [0.4, 0.5) is 0 Å². The fourth-order valence-electron chi connectivity index (χ4n) is 2.73. The standard InChI is InChI=1S/C14H18N4O/c1-10-9-15-13(16-10)11-5-4-8-18(11)14(19)12-6-3-7-17(12)2/h3,6-7,9,11H,4-5,8H2,1-2H3,(H,15,16)/t11-/m1/s1. The summed E-state index contributed by atoms with van der Waals surface area (Å²) in [6.07, 6.45) is 5.72. The lowest BCUT2D eigenvalue weighted by molar-refractivity contribution is 0.0720. The highest BCUT2D eigenvalue weighted by molar-refractivity contribution is 5.93. The van der Waals surface area contributed by atoms with Crippen LogP contribution < -0.4 is 0 Å². The van der Waals surface area contributed by atoms with Gasteiger partial charge in [0.25, 0.3) is 5.91 Å². The van der Waals surface area contributed by atoms with Crippen LogP contribution in [0.5, 0.6) is 0 Å². The summed E-state index contributed by atoms with van der Waals surface area (Å²) in [5, 5.41) is 0. The molecule has 0 aliphatic carbocycles. The first kappa shape index (κ1) is 12.0. The normalized spacial score (nSPS) is 19.1. The quantitative estimate of drug-likeness (QED) is 0.896. The van der Waals surface area contributed by atoms with Crippen molar-refractivity contribution in [3.8, 4) is 0 Å². The van der Waals surface area contributed by atoms with Gasteiger partial charge in [-0.05, 0) is 31.9 Å². The number of imidazole rings is 1. The molecular weight excluding hydrogens is 240 g/mol. The molecule has 1 amide bonds. The van der Waals surface area contributed by atoms with E-state index in [4.69, 9.17) is 0 Å². The lowest BCUT2D eigenvalue weighted by Gasteiger charge is -2.23. The minimum atomic E-state index is 0.0797. The summed E-state index contributed by atoms with van der Waals surface area (Å²) in [5.41, 5.74) is 1.77. The molecule has 0 radical (unpaired) electrons. The van der Waals surface area contributed by atoms with Gasteiger partial charge in [0.2, 0.25) is 0 Å². The first-order valence-corrected chi connectivity index (χ1v) is 6.60. The van der Waals surface area contributed by atoms with Gasteiger partial charge in [0.15, 0.2) is 0 Å². The van der Waals surface area contributed by atoms with E-state index in [0.717, 1.165) is 36.6 Å². The van der Waals surface area contributed by atoms with E-state index in [-0.39, 0.29) is 11.9 Å². The molecule has 1 saturated heterocycles. The van der Waals surface area contributed by atoms with Gasteiger partial charge in [0.05, 0.1) is 6.04 Å². The Morgan fingerprint density at radius 3 is 3.00 bits per heavy atom. The van der Waals surface area contributed by atoms with Gasteiger partial charge in [-0.15, -0.1) is 0 Å². The Morgan fingerprint density at radius 2 is 2.37 bits per heavy atom. The molecule has 1 aliphatic heterocycles. The zero-order chi connectivity index (χ0) is 13.4. The number of hydrogen-bond donors (Lipinski definition) is 1. The van der Waals surface area contributed by atoms with Crippen molar-refractivity contribution in [2.45, 2.75) is 25.8 Å². The summed E-state index contributed by atoms with van der Waals surface area (Å²) in [6.45, 7) is 2.78. The highest BCUT2D eigenvalue weighted by Crippen LogP contribution is 2.31. The van der Waals surface area contributed by atoms with Gasteiger partial charge in [-0.1, -0.05) is 0 Å². The van der Waals surface area contributed by atoms with Crippen LogP contribution in [0.25, 0.3) is 0 Å². The number of aryl methyl sites for hydroxylation is 2. The third-order valence-corrected chi connectivity index (χ3v) is 3.71. The highest BCUT2D eigenvalue weighted by Gasteiger charge is 2.33. The van der Waals surface area contributed by atoms with Crippen molar-refractivity contribution < 1.29 is 4.79 Å². The van der Waals surface area contributed by atoms with Gasteiger partial charge >= 0.3 is 0 Å². The van der Waals surface area contributed by atoms with Crippen molar-refractivity contribution in [3.05, 3.63) is 41.7 Å². The molecule has 5 nitrogen and oxygen atoms in total. The summed E-state index contributed by atoms with van der Waals surface area (Å²) in [7, 11) is 1.90. The number of carbonyl (C=O) groups excluding carboxylic acids is 1. The first-order valence-electron chi connectivity index (χ1n) is 6.60. The minimum Gasteiger partial charge on any atom is -0.347 e. The minimum absolute atomic E-state index is 0.0797.